The number of carbonyl (C=O) groups is 1. The number of hydrogen-bond acceptors (Lipinski definition) is 7. The minimum absolute atomic E-state index is 0. The standard InChI is InChI=1S/C23H26N4O4S.ClH/c1-4-31-19-10-11-20-21(16-19)32-23(24-20)26(14-6-13-25(2)3)22(28)12-9-17-7-5-8-18(15-17)27(29)30;/h5,7-12,15-16H,4,6,13-14H2,1-3H3;1H. The van der Waals surface area contributed by atoms with Crippen LogP contribution in [0.25, 0.3) is 16.3 Å². The summed E-state index contributed by atoms with van der Waals surface area (Å²) < 4.78 is 6.51. The summed E-state index contributed by atoms with van der Waals surface area (Å²) in [4.78, 5) is 32.0. The summed E-state index contributed by atoms with van der Waals surface area (Å²) in [6, 6.07) is 11.9. The minimum atomic E-state index is -0.454. The second-order valence-corrected chi connectivity index (χ2v) is 8.40. The first-order chi connectivity index (χ1) is 15.4. The molecule has 0 aliphatic rings. The molecule has 10 heteroatoms. The predicted molar refractivity (Wildman–Crippen MR) is 136 cm³/mol. The summed E-state index contributed by atoms with van der Waals surface area (Å²) in [6.07, 6.45) is 3.81. The first-order valence-electron chi connectivity index (χ1n) is 10.3. The maximum atomic E-state index is 13.1. The zero-order chi connectivity index (χ0) is 23.1. The number of benzene rings is 2. The summed E-state index contributed by atoms with van der Waals surface area (Å²) in [7, 11) is 3.97. The number of nitrogens with zero attached hydrogens (tertiary/aromatic N) is 4. The smallest absolute Gasteiger partial charge is 0.270 e. The molecule has 2 aromatic carbocycles. The van der Waals surface area contributed by atoms with Crippen molar-refractivity contribution in [1.29, 1.82) is 0 Å². The van der Waals surface area contributed by atoms with Crippen LogP contribution in [0.5, 0.6) is 5.75 Å². The predicted octanol–water partition coefficient (Wildman–Crippen LogP) is 5.02. The van der Waals surface area contributed by atoms with Crippen molar-refractivity contribution >= 4 is 56.8 Å². The van der Waals surface area contributed by atoms with E-state index in [0.29, 0.717) is 23.8 Å². The molecule has 0 spiro atoms. The monoisotopic (exact) mass is 490 g/mol. The van der Waals surface area contributed by atoms with Gasteiger partial charge in [0.25, 0.3) is 11.6 Å². The summed E-state index contributed by atoms with van der Waals surface area (Å²) >= 11 is 1.44. The number of thiazole rings is 1. The summed E-state index contributed by atoms with van der Waals surface area (Å²) in [5.74, 6) is 0.547. The Labute approximate surface area is 203 Å². The van der Waals surface area contributed by atoms with Crippen molar-refractivity contribution in [3.05, 3.63) is 64.2 Å². The number of nitro benzene ring substituents is 1. The van der Waals surface area contributed by atoms with Crippen LogP contribution in [0.2, 0.25) is 0 Å². The molecule has 0 radical (unpaired) electrons. The number of fused-ring (bicyclic) bond motifs is 1. The second-order valence-electron chi connectivity index (χ2n) is 7.39. The molecule has 0 N–H and O–H groups in total. The number of carbonyl (C=O) groups excluding carboxylic acids is 1. The molecule has 3 aromatic rings. The molecule has 0 saturated carbocycles. The summed E-state index contributed by atoms with van der Waals surface area (Å²) in [5, 5.41) is 11.6. The summed E-state index contributed by atoms with van der Waals surface area (Å²) in [5.41, 5.74) is 1.38. The van der Waals surface area contributed by atoms with Gasteiger partial charge in [-0.15, -0.1) is 12.4 Å². The number of nitro groups is 1. The normalized spacial score (nSPS) is 11.0. The first-order valence-corrected chi connectivity index (χ1v) is 11.1. The van der Waals surface area contributed by atoms with Crippen LogP contribution in [0.4, 0.5) is 10.8 Å². The van der Waals surface area contributed by atoms with Gasteiger partial charge in [0.2, 0.25) is 0 Å². The lowest BCUT2D eigenvalue weighted by Crippen LogP contribution is -2.32. The molecule has 0 atom stereocenters. The third kappa shape index (κ3) is 7.24. The van der Waals surface area contributed by atoms with E-state index in [1.165, 1.54) is 29.5 Å². The molecule has 8 nitrogen and oxygen atoms in total. The number of amides is 1. The first kappa shape index (κ1) is 26.2. The van der Waals surface area contributed by atoms with E-state index in [2.05, 4.69) is 9.88 Å². The minimum Gasteiger partial charge on any atom is -0.494 e. The van der Waals surface area contributed by atoms with E-state index in [-0.39, 0.29) is 24.0 Å². The Hall–Kier alpha value is -3.01. The fraction of sp³-hybridized carbons (Fsp3) is 0.304. The number of non-ortho nitro benzene ring substituents is 1. The molecule has 176 valence electrons. The molecule has 0 fully saturated rings. The summed E-state index contributed by atoms with van der Waals surface area (Å²) in [6.45, 7) is 3.85. The molecule has 33 heavy (non-hydrogen) atoms. The molecule has 0 aliphatic carbocycles. The second kappa shape index (κ2) is 12.3. The molecule has 0 bridgehead atoms. The Kier molecular flexibility index (Phi) is 9.77. The van der Waals surface area contributed by atoms with Crippen LogP contribution < -0.4 is 9.64 Å². The molecule has 0 aliphatic heterocycles. The van der Waals surface area contributed by atoms with Gasteiger partial charge in [-0.25, -0.2) is 4.98 Å². The molecule has 0 saturated heterocycles. The molecule has 1 heterocycles. The lowest BCUT2D eigenvalue weighted by atomic mass is 10.2. The van der Waals surface area contributed by atoms with Gasteiger partial charge < -0.3 is 9.64 Å². The Bertz CT molecular complexity index is 1130. The highest BCUT2D eigenvalue weighted by Gasteiger charge is 2.18. The van der Waals surface area contributed by atoms with Gasteiger partial charge in [0, 0.05) is 24.8 Å². The van der Waals surface area contributed by atoms with Crippen molar-refractivity contribution in [1.82, 2.24) is 9.88 Å². The Balaban J connectivity index is 0.00000385. The van der Waals surface area contributed by atoms with Crippen LogP contribution in [0.15, 0.2) is 48.5 Å². The van der Waals surface area contributed by atoms with Crippen LogP contribution in [-0.4, -0.2) is 54.5 Å². The fourth-order valence-corrected chi connectivity index (χ4v) is 4.13. The average molecular weight is 491 g/mol. The van der Waals surface area contributed by atoms with Gasteiger partial charge in [-0.3, -0.25) is 19.8 Å². The third-order valence-electron chi connectivity index (χ3n) is 4.64. The average Bonchev–Trinajstić information content (AvgIpc) is 3.18. The van der Waals surface area contributed by atoms with Gasteiger partial charge in [-0.05, 0) is 63.8 Å². The van der Waals surface area contributed by atoms with Crippen LogP contribution in [0.1, 0.15) is 18.9 Å². The Morgan fingerprint density at radius 3 is 2.70 bits per heavy atom. The van der Waals surface area contributed by atoms with Gasteiger partial charge in [0.1, 0.15) is 5.75 Å². The molecular weight excluding hydrogens is 464 g/mol. The van der Waals surface area contributed by atoms with Crippen LogP contribution in [-0.2, 0) is 4.79 Å². The highest BCUT2D eigenvalue weighted by molar-refractivity contribution is 7.22. The number of halogens is 1. The Morgan fingerprint density at radius 1 is 1.21 bits per heavy atom. The van der Waals surface area contributed by atoms with Gasteiger partial charge in [0.15, 0.2) is 5.13 Å². The highest BCUT2D eigenvalue weighted by Crippen LogP contribution is 2.32. The van der Waals surface area contributed by atoms with Crippen molar-refractivity contribution in [3.63, 3.8) is 0 Å². The fourth-order valence-electron chi connectivity index (χ4n) is 3.11. The number of hydrogen-bond donors (Lipinski definition) is 0. The number of anilines is 1. The number of ether oxygens (including phenoxy) is 1. The van der Waals surface area contributed by atoms with Gasteiger partial charge in [0.05, 0.1) is 21.7 Å². The van der Waals surface area contributed by atoms with Crippen molar-refractivity contribution in [2.45, 2.75) is 13.3 Å². The van der Waals surface area contributed by atoms with Crippen molar-refractivity contribution in [3.8, 4) is 5.75 Å². The zero-order valence-corrected chi connectivity index (χ0v) is 20.4. The lowest BCUT2D eigenvalue weighted by molar-refractivity contribution is -0.384. The maximum absolute atomic E-state index is 13.1. The maximum Gasteiger partial charge on any atom is 0.270 e. The SMILES string of the molecule is CCOc1ccc2nc(N(CCCN(C)C)C(=O)C=Cc3cccc([N+](=O)[O-])c3)sc2c1.Cl. The van der Waals surface area contributed by atoms with E-state index in [0.717, 1.165) is 28.9 Å². The molecule has 1 amide bonds. The highest BCUT2D eigenvalue weighted by atomic mass is 35.5. The van der Waals surface area contributed by atoms with Crippen LogP contribution in [0.3, 0.4) is 0 Å². The van der Waals surface area contributed by atoms with Gasteiger partial charge in [-0.1, -0.05) is 23.5 Å². The third-order valence-corrected chi connectivity index (χ3v) is 5.68. The lowest BCUT2D eigenvalue weighted by Gasteiger charge is -2.19. The van der Waals surface area contributed by atoms with Crippen LogP contribution >= 0.6 is 23.7 Å². The molecule has 0 unspecified atom stereocenters. The zero-order valence-electron chi connectivity index (χ0n) is 18.8. The van der Waals surface area contributed by atoms with E-state index in [4.69, 9.17) is 4.74 Å². The van der Waals surface area contributed by atoms with Crippen molar-refractivity contribution in [2.75, 3.05) is 38.7 Å². The van der Waals surface area contributed by atoms with E-state index in [1.54, 1.807) is 23.1 Å². The quantitative estimate of drug-likeness (QED) is 0.225. The topological polar surface area (TPSA) is 88.8 Å². The van der Waals surface area contributed by atoms with Crippen molar-refractivity contribution < 1.29 is 14.5 Å². The van der Waals surface area contributed by atoms with Crippen molar-refractivity contribution in [2.24, 2.45) is 0 Å². The Morgan fingerprint density at radius 2 is 2.00 bits per heavy atom. The van der Waals surface area contributed by atoms with E-state index in [1.807, 2.05) is 39.2 Å². The number of aromatic nitrogens is 1. The van der Waals surface area contributed by atoms with Gasteiger partial charge >= 0.3 is 0 Å². The van der Waals surface area contributed by atoms with E-state index >= 15 is 0 Å². The van der Waals surface area contributed by atoms with Crippen LogP contribution in [0, 0.1) is 10.1 Å². The number of rotatable bonds is 10. The molecular formula is C23H27ClN4O4S. The van der Waals surface area contributed by atoms with E-state index < -0.39 is 4.92 Å². The molecule has 1 aromatic heterocycles. The van der Waals surface area contributed by atoms with E-state index in [9.17, 15) is 14.9 Å². The molecule has 3 rings (SSSR count). The largest absolute Gasteiger partial charge is 0.494 e. The van der Waals surface area contributed by atoms with Gasteiger partial charge in [-0.2, -0.15) is 0 Å².